The van der Waals surface area contributed by atoms with Crippen LogP contribution in [0.15, 0.2) is 16.6 Å². The van der Waals surface area contributed by atoms with Crippen LogP contribution in [0.2, 0.25) is 0 Å². The second-order valence-corrected chi connectivity index (χ2v) is 8.60. The van der Waals surface area contributed by atoms with E-state index in [0.29, 0.717) is 11.8 Å². The van der Waals surface area contributed by atoms with Gasteiger partial charge in [-0.3, -0.25) is 8.49 Å². The lowest BCUT2D eigenvalue weighted by molar-refractivity contribution is -0.205. The van der Waals surface area contributed by atoms with Crippen molar-refractivity contribution in [2.24, 2.45) is 5.16 Å². The fraction of sp³-hybridized carbons (Fsp3) is 0.750. The average molecular weight is 434 g/mol. The number of thioether (sulfide) groups is 1. The van der Waals surface area contributed by atoms with Crippen LogP contribution >= 0.6 is 11.8 Å². The molecule has 4 N–H and O–H groups in total. The molecule has 0 amide bonds. The van der Waals surface area contributed by atoms with Crippen LogP contribution in [0.1, 0.15) is 12.8 Å². The molecule has 0 aromatic heterocycles. The van der Waals surface area contributed by atoms with Crippen LogP contribution in [0.5, 0.6) is 0 Å². The first kappa shape index (κ1) is 23.5. The summed E-state index contributed by atoms with van der Waals surface area (Å²) in [5, 5.41) is 43.1. The predicted octanol–water partition coefficient (Wildman–Crippen LogP) is -2.02. The van der Waals surface area contributed by atoms with E-state index in [1.54, 1.807) is 0 Å². The maximum absolute atomic E-state index is 11.0. The van der Waals surface area contributed by atoms with Crippen molar-refractivity contribution in [3.63, 3.8) is 0 Å². The fourth-order valence-corrected chi connectivity index (χ4v) is 3.64. The maximum Gasteiger partial charge on any atom is 0.284 e. The quantitative estimate of drug-likeness (QED) is 0.109. The van der Waals surface area contributed by atoms with E-state index in [1.165, 1.54) is 17.7 Å². The Morgan fingerprint density at radius 2 is 2.00 bits per heavy atom. The summed E-state index contributed by atoms with van der Waals surface area (Å²) in [4.78, 5) is 0. The molecule has 14 heteroatoms. The van der Waals surface area contributed by atoms with Gasteiger partial charge in [0.15, 0.2) is 0 Å². The number of hydrogen-bond donors (Lipinski definition) is 4. The minimum Gasteiger partial charge on any atom is -0.714 e. The molecule has 0 aromatic carbocycles. The Bertz CT molecular complexity index is 635. The third-order valence-corrected chi connectivity index (χ3v) is 5.15. The molecule has 0 bridgehead atoms. The minimum atomic E-state index is -5.10. The van der Waals surface area contributed by atoms with E-state index in [9.17, 15) is 32.5 Å². The number of ether oxygens (including phenoxy) is 1. The normalized spacial score (nSPS) is 31.9. The molecule has 152 valence electrons. The monoisotopic (exact) mass is 434 g/mol. The number of allylic oxidation sites excluding steroid dienone is 1. The first-order chi connectivity index (χ1) is 12.0. The summed E-state index contributed by atoms with van der Waals surface area (Å²) in [7, 11) is -6.29. The lowest BCUT2D eigenvalue weighted by Crippen LogP contribution is -2.57. The highest BCUT2D eigenvalue weighted by Crippen LogP contribution is 2.30. The fourth-order valence-electron chi connectivity index (χ4n) is 1.92. The highest BCUT2D eigenvalue weighted by Gasteiger charge is 2.44. The summed E-state index contributed by atoms with van der Waals surface area (Å²) in [6.07, 6.45) is -2.62. The van der Waals surface area contributed by atoms with Crippen molar-refractivity contribution >= 4 is 38.0 Å². The van der Waals surface area contributed by atoms with Gasteiger partial charge in [-0.2, -0.15) is 8.42 Å². The van der Waals surface area contributed by atoms with Crippen molar-refractivity contribution in [3.8, 4) is 0 Å². The summed E-state index contributed by atoms with van der Waals surface area (Å²) >= 11 is 0.656. The van der Waals surface area contributed by atoms with E-state index < -0.39 is 57.7 Å². The van der Waals surface area contributed by atoms with Gasteiger partial charge in [0.2, 0.25) is 0 Å². The van der Waals surface area contributed by atoms with Crippen LogP contribution in [0.25, 0.3) is 0 Å². The van der Waals surface area contributed by atoms with Crippen molar-refractivity contribution in [1.82, 2.24) is 0 Å². The molecule has 26 heavy (non-hydrogen) atoms. The van der Waals surface area contributed by atoms with Crippen molar-refractivity contribution in [2.45, 2.75) is 42.7 Å². The third-order valence-electron chi connectivity index (χ3n) is 3.14. The summed E-state index contributed by atoms with van der Waals surface area (Å²) in [5.41, 5.74) is -1.22. The first-order valence-corrected chi connectivity index (χ1v) is 11.1. The Morgan fingerprint density at radius 3 is 2.54 bits per heavy atom. The number of aliphatic hydroxyl groups excluding tert-OH is 4. The van der Waals surface area contributed by atoms with Crippen LogP contribution in [0.4, 0.5) is 0 Å². The number of nitrogens with zero attached hydrogens (tertiary/aromatic N) is 1. The highest BCUT2D eigenvalue weighted by atomic mass is 32.3. The van der Waals surface area contributed by atoms with Gasteiger partial charge < -0.3 is 29.7 Å². The molecule has 6 unspecified atom stereocenters. The van der Waals surface area contributed by atoms with Crippen molar-refractivity contribution in [2.75, 3.05) is 12.9 Å². The van der Waals surface area contributed by atoms with Gasteiger partial charge in [0, 0.05) is 23.5 Å². The second-order valence-electron chi connectivity index (χ2n) is 5.19. The van der Waals surface area contributed by atoms with Gasteiger partial charge in [-0.25, -0.2) is 0 Å². The zero-order chi connectivity index (χ0) is 19.9. The first-order valence-electron chi connectivity index (χ1n) is 7.22. The van der Waals surface area contributed by atoms with Gasteiger partial charge >= 0.3 is 0 Å². The molecule has 1 aliphatic rings. The van der Waals surface area contributed by atoms with Crippen LogP contribution in [0, 0.1) is 0 Å². The maximum atomic E-state index is 11.0. The van der Waals surface area contributed by atoms with Crippen LogP contribution < -0.4 is 0 Å². The van der Waals surface area contributed by atoms with Gasteiger partial charge in [-0.15, -0.1) is 0 Å². The number of oxime groups is 1. The molecule has 11 nitrogen and oxygen atoms in total. The Hall–Kier alpha value is -0.580. The summed E-state index contributed by atoms with van der Waals surface area (Å²) in [5.74, 6) is 0. The minimum absolute atomic E-state index is 0.0446. The van der Waals surface area contributed by atoms with E-state index in [-0.39, 0.29) is 17.9 Å². The third kappa shape index (κ3) is 7.98. The molecule has 0 saturated carbocycles. The van der Waals surface area contributed by atoms with E-state index in [4.69, 9.17) is 9.84 Å². The molecule has 1 fully saturated rings. The van der Waals surface area contributed by atoms with Crippen molar-refractivity contribution < 1.29 is 46.6 Å². The number of hydrogen-bond acceptors (Lipinski definition) is 12. The van der Waals surface area contributed by atoms with Crippen LogP contribution in [-0.2, 0) is 30.2 Å². The zero-order valence-corrected chi connectivity index (χ0v) is 16.0. The topological polar surface area (TPSA) is 186 Å². The molecule has 6 atom stereocenters. The smallest absolute Gasteiger partial charge is 0.284 e. The Balaban J connectivity index is 2.87. The van der Waals surface area contributed by atoms with Crippen LogP contribution in [0.3, 0.4) is 0 Å². The second kappa shape index (κ2) is 10.7. The van der Waals surface area contributed by atoms with Gasteiger partial charge in [0.05, 0.1) is 6.61 Å². The summed E-state index contributed by atoms with van der Waals surface area (Å²) < 4.78 is 51.8. The molecule has 1 aliphatic heterocycles. The molecule has 1 rings (SSSR count). The largest absolute Gasteiger partial charge is 0.714 e. The van der Waals surface area contributed by atoms with Crippen molar-refractivity contribution in [3.05, 3.63) is 11.5 Å². The highest BCUT2D eigenvalue weighted by molar-refractivity contribution is 8.14. The summed E-state index contributed by atoms with van der Waals surface area (Å²) in [6.45, 7) is -0.634. The molecule has 0 radical (unpaired) electrons. The SMILES string of the molecule is CS(=O)C=CCCC(=NOS(=O)(=O)[O-])SC1OC(CO)C(O)C(O)C1O. The zero-order valence-electron chi connectivity index (χ0n) is 13.6. The van der Waals surface area contributed by atoms with Gasteiger partial charge in [-0.05, 0) is 11.8 Å². The molecule has 1 heterocycles. The van der Waals surface area contributed by atoms with E-state index in [0.717, 1.165) is 0 Å². The van der Waals surface area contributed by atoms with Gasteiger partial charge in [0.25, 0.3) is 10.4 Å². The van der Waals surface area contributed by atoms with Crippen LogP contribution in [-0.4, -0.2) is 85.4 Å². The number of rotatable bonds is 8. The molecule has 0 aromatic rings. The predicted molar refractivity (Wildman–Crippen MR) is 92.0 cm³/mol. The van der Waals surface area contributed by atoms with E-state index in [2.05, 4.69) is 9.44 Å². The Labute approximate surface area is 157 Å². The summed E-state index contributed by atoms with van der Waals surface area (Å²) in [6, 6.07) is 0. The standard InChI is InChI=1S/C12H21NO10S3/c1-25(18)5-3-2-4-8(13-23-26(19,20)21)24-12-11(17)10(16)9(15)7(6-14)22-12/h3,5,7,9-12,14-17H,2,4,6H2,1H3,(H,19,20,21)/p-1. The lowest BCUT2D eigenvalue weighted by atomic mass is 10.0. The molecular weight excluding hydrogens is 414 g/mol. The van der Waals surface area contributed by atoms with Gasteiger partial charge in [0.1, 0.15) is 34.9 Å². The van der Waals surface area contributed by atoms with Crippen molar-refractivity contribution in [1.29, 1.82) is 0 Å². The average Bonchev–Trinajstić information content (AvgIpc) is 2.55. The lowest BCUT2D eigenvalue weighted by Gasteiger charge is -2.39. The molecule has 1 saturated heterocycles. The van der Waals surface area contributed by atoms with Gasteiger partial charge in [-0.1, -0.05) is 23.0 Å². The Morgan fingerprint density at radius 1 is 1.35 bits per heavy atom. The number of aliphatic hydroxyl groups is 4. The Kier molecular flexibility index (Phi) is 9.63. The molecule has 0 aliphatic carbocycles. The van der Waals surface area contributed by atoms with E-state index in [1.807, 2.05) is 0 Å². The molecular formula is C12H20NO10S3-. The van der Waals surface area contributed by atoms with E-state index >= 15 is 0 Å². The molecule has 0 spiro atoms.